The van der Waals surface area contributed by atoms with Crippen molar-refractivity contribution >= 4 is 53.6 Å². The molecule has 6 atom stereocenters. The van der Waals surface area contributed by atoms with Crippen molar-refractivity contribution in [3.63, 3.8) is 0 Å². The van der Waals surface area contributed by atoms with Gasteiger partial charge in [-0.15, -0.1) is 0 Å². The molecule has 4 aromatic rings. The first kappa shape index (κ1) is 50.2. The smallest absolute Gasteiger partial charge is 0.408 e. The Bertz CT molecular complexity index is 2230. The van der Waals surface area contributed by atoms with E-state index in [2.05, 4.69) is 10.6 Å². The normalized spacial score (nSPS) is 18.3. The number of hydrogen-bond donors (Lipinski definition) is 2. The topological polar surface area (TPSA) is 217 Å². The molecule has 0 radical (unpaired) electrons. The molecule has 0 unspecified atom stereocenters. The van der Waals surface area contributed by atoms with Crippen LogP contribution in [-0.4, -0.2) is 123 Å². The summed E-state index contributed by atoms with van der Waals surface area (Å²) in [6.45, 7) is 4.19. The van der Waals surface area contributed by atoms with Gasteiger partial charge in [-0.3, -0.25) is 4.79 Å². The van der Waals surface area contributed by atoms with Crippen molar-refractivity contribution in [2.24, 2.45) is 0 Å². The number of nitrogens with one attached hydrogen (secondary N) is 2. The minimum absolute atomic E-state index is 0.0169. The number of alkyl carbamates (subject to hydrolysis) is 1. The zero-order valence-corrected chi connectivity index (χ0v) is 37.6. The van der Waals surface area contributed by atoms with Crippen molar-refractivity contribution in [2.75, 3.05) is 38.4 Å². The Labute approximate surface area is 386 Å². The highest BCUT2D eigenvalue weighted by molar-refractivity contribution is 7.99. The molecule has 0 aliphatic carbocycles. The maximum absolute atomic E-state index is 13.8. The molecule has 1 saturated heterocycles. The predicted molar refractivity (Wildman–Crippen MR) is 238 cm³/mol. The molecule has 1 heterocycles. The van der Waals surface area contributed by atoms with Gasteiger partial charge in [0.15, 0.2) is 24.6 Å². The van der Waals surface area contributed by atoms with Gasteiger partial charge in [-0.25, -0.2) is 28.8 Å². The Balaban J connectivity index is 1.35. The van der Waals surface area contributed by atoms with Gasteiger partial charge in [0, 0.05) is 24.5 Å². The fourth-order valence-corrected chi connectivity index (χ4v) is 7.19. The Morgan fingerprint density at radius 2 is 1.12 bits per heavy atom. The van der Waals surface area contributed by atoms with E-state index in [1.54, 1.807) is 106 Å². The van der Waals surface area contributed by atoms with Gasteiger partial charge in [0.05, 0.1) is 36.0 Å². The molecule has 17 nitrogen and oxygen atoms in total. The van der Waals surface area contributed by atoms with E-state index in [0.717, 1.165) is 0 Å². The fraction of sp³-hybridized carbons (Fsp3) is 0.354. The molecule has 0 saturated carbocycles. The van der Waals surface area contributed by atoms with Gasteiger partial charge < -0.3 is 48.5 Å². The maximum Gasteiger partial charge on any atom is 0.408 e. The lowest BCUT2D eigenvalue weighted by atomic mass is 9.97. The van der Waals surface area contributed by atoms with Crippen LogP contribution in [0.2, 0.25) is 0 Å². The number of benzene rings is 4. The lowest BCUT2D eigenvalue weighted by Gasteiger charge is -2.44. The first-order valence-corrected chi connectivity index (χ1v) is 22.1. The molecule has 2 N–H and O–H groups in total. The van der Waals surface area contributed by atoms with Crippen LogP contribution in [0.15, 0.2) is 121 Å². The summed E-state index contributed by atoms with van der Waals surface area (Å²) in [7, 11) is 1.19. The van der Waals surface area contributed by atoms with Gasteiger partial charge in [-0.05, 0) is 69.3 Å². The third-order valence-electron chi connectivity index (χ3n) is 9.38. The van der Waals surface area contributed by atoms with Gasteiger partial charge in [0.25, 0.3) is 0 Å². The number of carbonyl (C=O) groups is 7. The molecule has 0 spiro atoms. The highest BCUT2D eigenvalue weighted by atomic mass is 32.2. The lowest BCUT2D eigenvalue weighted by Crippen LogP contribution is -2.63. The molecule has 0 aromatic heterocycles. The number of rotatable bonds is 20. The highest BCUT2D eigenvalue weighted by Crippen LogP contribution is 2.32. The molecule has 0 bridgehead atoms. The summed E-state index contributed by atoms with van der Waals surface area (Å²) in [5, 5.41) is 5.21. The Morgan fingerprint density at radius 3 is 1.61 bits per heavy atom. The van der Waals surface area contributed by atoms with Gasteiger partial charge >= 0.3 is 35.9 Å². The average Bonchev–Trinajstić information content (AvgIpc) is 3.32. The van der Waals surface area contributed by atoms with Crippen LogP contribution in [0.4, 0.5) is 4.79 Å². The second-order valence-electron chi connectivity index (χ2n) is 15.5. The van der Waals surface area contributed by atoms with E-state index in [1.165, 1.54) is 55.3 Å². The monoisotopic (exact) mass is 928 g/mol. The lowest BCUT2D eigenvalue weighted by molar-refractivity contribution is -0.297. The van der Waals surface area contributed by atoms with Crippen molar-refractivity contribution in [1.82, 2.24) is 10.6 Å². The van der Waals surface area contributed by atoms with Crippen LogP contribution in [0, 0.1) is 0 Å². The van der Waals surface area contributed by atoms with E-state index >= 15 is 0 Å². The van der Waals surface area contributed by atoms with E-state index in [-0.39, 0.29) is 59.2 Å². The summed E-state index contributed by atoms with van der Waals surface area (Å²) < 4.78 is 46.3. The first-order valence-electron chi connectivity index (χ1n) is 20.9. The van der Waals surface area contributed by atoms with Gasteiger partial charge in [0.2, 0.25) is 5.91 Å². The fourth-order valence-electron chi connectivity index (χ4n) is 6.24. The van der Waals surface area contributed by atoms with E-state index in [9.17, 15) is 33.6 Å². The molecule has 350 valence electrons. The predicted octanol–water partition coefficient (Wildman–Crippen LogP) is 5.57. The number of hydrogen-bond acceptors (Lipinski definition) is 16. The zero-order chi connectivity index (χ0) is 47.5. The third kappa shape index (κ3) is 15.7. The molecule has 4 aromatic carbocycles. The van der Waals surface area contributed by atoms with Crippen LogP contribution in [0.1, 0.15) is 68.6 Å². The molecule has 1 aliphatic heterocycles. The van der Waals surface area contributed by atoms with E-state index in [4.69, 9.17) is 37.9 Å². The highest BCUT2D eigenvalue weighted by Gasteiger charge is 2.53. The standard InChI is InChI=1S/C48H52N2O15S/c1-48(2,3)65-47(57)50-35(45(56)58-4)30-66-28-25-37(51)49-26-27-59-46-40(64-44(55)34-23-15-8-16-24-34)39(63-43(54)33-21-13-7-14-22-33)38(62-42(53)32-19-11-6-12-20-32)36(61-46)29-60-41(52)31-17-9-5-10-18-31/h5-24,35-36,38-40,46H,25-30H2,1-4H3,(H,49,51)(H,50,57)/t35-,36+,38+,39-,40-,46-/m0/s1. The second-order valence-corrected chi connectivity index (χ2v) is 16.6. The van der Waals surface area contributed by atoms with E-state index in [0.29, 0.717) is 0 Å². The van der Waals surface area contributed by atoms with Crippen molar-refractivity contribution < 1.29 is 71.5 Å². The number of carbonyl (C=O) groups excluding carboxylic acids is 7. The maximum atomic E-state index is 13.8. The Morgan fingerprint density at radius 1 is 0.652 bits per heavy atom. The van der Waals surface area contributed by atoms with Crippen LogP contribution >= 0.6 is 11.8 Å². The van der Waals surface area contributed by atoms with Crippen LogP contribution < -0.4 is 10.6 Å². The van der Waals surface area contributed by atoms with Crippen LogP contribution in [-0.2, 0) is 47.5 Å². The Kier molecular flexibility index (Phi) is 19.1. The number of ether oxygens (including phenoxy) is 8. The number of methoxy groups -OCH3 is 1. The molecule has 18 heteroatoms. The zero-order valence-electron chi connectivity index (χ0n) is 36.8. The summed E-state index contributed by atoms with van der Waals surface area (Å²) >= 11 is 1.23. The summed E-state index contributed by atoms with van der Waals surface area (Å²) in [5.41, 5.74) is -0.181. The van der Waals surface area contributed by atoms with Gasteiger partial charge in [-0.1, -0.05) is 72.8 Å². The minimum atomic E-state index is -1.62. The third-order valence-corrected chi connectivity index (χ3v) is 10.4. The summed E-state index contributed by atoms with van der Waals surface area (Å²) in [5.74, 6) is -4.01. The summed E-state index contributed by atoms with van der Waals surface area (Å²) in [6.07, 6.45) is -8.49. The van der Waals surface area contributed by atoms with Crippen molar-refractivity contribution in [3.8, 4) is 0 Å². The molecular formula is C48H52N2O15S. The summed E-state index contributed by atoms with van der Waals surface area (Å²) in [4.78, 5) is 92.0. The minimum Gasteiger partial charge on any atom is -0.467 e. The molecule has 5 rings (SSSR count). The number of thioether (sulfide) groups is 1. The molecule has 1 aliphatic rings. The molecule has 1 fully saturated rings. The largest absolute Gasteiger partial charge is 0.467 e. The van der Waals surface area contributed by atoms with E-state index < -0.39 is 84.9 Å². The van der Waals surface area contributed by atoms with Crippen molar-refractivity contribution in [2.45, 2.75) is 69.5 Å². The average molecular weight is 929 g/mol. The number of amides is 2. The summed E-state index contributed by atoms with van der Waals surface area (Å²) in [6, 6.07) is 31.0. The molecular weight excluding hydrogens is 877 g/mol. The van der Waals surface area contributed by atoms with Crippen molar-refractivity contribution in [1.29, 1.82) is 0 Å². The van der Waals surface area contributed by atoms with E-state index in [1.807, 2.05) is 0 Å². The van der Waals surface area contributed by atoms with Gasteiger partial charge in [0.1, 0.15) is 24.4 Å². The molecule has 2 amide bonds. The van der Waals surface area contributed by atoms with Crippen LogP contribution in [0.5, 0.6) is 0 Å². The SMILES string of the molecule is COC(=O)[C@H](CSCCC(=O)NCCO[C@H]1O[C@H](COC(=O)c2ccccc2)[C@@H](OC(=O)c2ccccc2)[C@H](OC(=O)c2ccccc2)[C@@H]1OC(=O)c1ccccc1)NC(=O)OC(C)(C)C. The Hall–Kier alpha value is -6.76. The van der Waals surface area contributed by atoms with Crippen LogP contribution in [0.3, 0.4) is 0 Å². The van der Waals surface area contributed by atoms with Gasteiger partial charge in [-0.2, -0.15) is 11.8 Å². The van der Waals surface area contributed by atoms with Crippen LogP contribution in [0.25, 0.3) is 0 Å². The first-order chi connectivity index (χ1) is 31.7. The van der Waals surface area contributed by atoms with Crippen molar-refractivity contribution in [3.05, 3.63) is 144 Å². The number of esters is 5. The molecule has 66 heavy (non-hydrogen) atoms. The second kappa shape index (κ2) is 25.1. The quantitative estimate of drug-likeness (QED) is 0.0629.